The Balaban J connectivity index is 2.60. The standard InChI is InChI=1S/C11H12BrN3S/c1-6-7(2)11(13-3)15-14-9(6)10-8(12)4-5-16-10/h4-5H,1-3H3,(H,13,15). The Hall–Kier alpha value is -0.940. The van der Waals surface area contributed by atoms with Crippen molar-refractivity contribution >= 4 is 33.1 Å². The second-order valence-electron chi connectivity index (χ2n) is 3.49. The summed E-state index contributed by atoms with van der Waals surface area (Å²) in [5.41, 5.74) is 3.27. The summed E-state index contributed by atoms with van der Waals surface area (Å²) in [5, 5.41) is 13.5. The van der Waals surface area contributed by atoms with Gasteiger partial charge in [-0.25, -0.2) is 0 Å². The lowest BCUT2D eigenvalue weighted by Gasteiger charge is -2.09. The Labute approximate surface area is 107 Å². The predicted octanol–water partition coefficient (Wildman–Crippen LogP) is 3.63. The number of hydrogen-bond acceptors (Lipinski definition) is 4. The third-order valence-electron chi connectivity index (χ3n) is 2.59. The lowest BCUT2D eigenvalue weighted by Crippen LogP contribution is -2.02. The van der Waals surface area contributed by atoms with Gasteiger partial charge in [0.05, 0.1) is 4.88 Å². The van der Waals surface area contributed by atoms with Gasteiger partial charge in [-0.15, -0.1) is 21.5 Å². The zero-order valence-electron chi connectivity index (χ0n) is 9.34. The van der Waals surface area contributed by atoms with E-state index in [4.69, 9.17) is 0 Å². The normalized spacial score (nSPS) is 10.5. The first-order valence-corrected chi connectivity index (χ1v) is 6.57. The lowest BCUT2D eigenvalue weighted by atomic mass is 10.1. The molecular formula is C11H12BrN3S. The summed E-state index contributed by atoms with van der Waals surface area (Å²) in [4.78, 5) is 1.13. The second kappa shape index (κ2) is 4.51. The molecule has 0 fully saturated rings. The molecule has 2 aromatic heterocycles. The molecule has 0 unspecified atom stereocenters. The van der Waals surface area contributed by atoms with E-state index in [-0.39, 0.29) is 0 Å². The molecule has 2 rings (SSSR count). The van der Waals surface area contributed by atoms with E-state index in [0.717, 1.165) is 26.4 Å². The summed E-state index contributed by atoms with van der Waals surface area (Å²) in [6, 6.07) is 2.03. The number of thiophene rings is 1. The van der Waals surface area contributed by atoms with Crippen molar-refractivity contribution in [1.82, 2.24) is 10.2 Å². The summed E-state index contributed by atoms with van der Waals surface area (Å²) in [6.45, 7) is 4.13. The molecule has 0 atom stereocenters. The van der Waals surface area contributed by atoms with Crippen molar-refractivity contribution in [3.05, 3.63) is 27.0 Å². The lowest BCUT2D eigenvalue weighted by molar-refractivity contribution is 1.01. The Kier molecular flexibility index (Phi) is 3.25. The quantitative estimate of drug-likeness (QED) is 0.920. The van der Waals surface area contributed by atoms with Crippen molar-refractivity contribution in [1.29, 1.82) is 0 Å². The van der Waals surface area contributed by atoms with Crippen LogP contribution in [0.1, 0.15) is 11.1 Å². The number of rotatable bonds is 2. The fourth-order valence-corrected chi connectivity index (χ4v) is 3.12. The maximum atomic E-state index is 4.28. The van der Waals surface area contributed by atoms with Gasteiger partial charge in [-0.05, 0) is 52.4 Å². The fraction of sp³-hybridized carbons (Fsp3) is 0.273. The zero-order chi connectivity index (χ0) is 11.7. The minimum absolute atomic E-state index is 0.842. The predicted molar refractivity (Wildman–Crippen MR) is 72.1 cm³/mol. The van der Waals surface area contributed by atoms with Gasteiger partial charge in [-0.1, -0.05) is 0 Å². The van der Waals surface area contributed by atoms with Crippen LogP contribution in [0.5, 0.6) is 0 Å². The molecular weight excluding hydrogens is 286 g/mol. The maximum absolute atomic E-state index is 4.28. The van der Waals surface area contributed by atoms with Gasteiger partial charge >= 0.3 is 0 Å². The van der Waals surface area contributed by atoms with E-state index in [9.17, 15) is 0 Å². The highest BCUT2D eigenvalue weighted by Gasteiger charge is 2.13. The topological polar surface area (TPSA) is 37.8 Å². The van der Waals surface area contributed by atoms with Crippen molar-refractivity contribution in [2.75, 3.05) is 12.4 Å². The SMILES string of the molecule is CNc1nnc(-c2sccc2Br)c(C)c1C. The van der Waals surface area contributed by atoms with Crippen LogP contribution in [0.15, 0.2) is 15.9 Å². The molecule has 0 amide bonds. The number of anilines is 1. The van der Waals surface area contributed by atoms with E-state index in [1.807, 2.05) is 18.5 Å². The first kappa shape index (κ1) is 11.5. The van der Waals surface area contributed by atoms with E-state index in [0.29, 0.717) is 0 Å². The van der Waals surface area contributed by atoms with Gasteiger partial charge in [-0.2, -0.15) is 0 Å². The molecule has 0 bridgehead atoms. The number of hydrogen-bond donors (Lipinski definition) is 1. The number of aromatic nitrogens is 2. The Morgan fingerprint density at radius 2 is 2.00 bits per heavy atom. The summed E-state index contributed by atoms with van der Waals surface area (Å²) in [7, 11) is 1.86. The molecule has 0 spiro atoms. The maximum Gasteiger partial charge on any atom is 0.151 e. The first-order valence-electron chi connectivity index (χ1n) is 4.90. The van der Waals surface area contributed by atoms with Gasteiger partial charge in [0.15, 0.2) is 5.82 Å². The molecule has 0 aliphatic carbocycles. The summed E-state index contributed by atoms with van der Waals surface area (Å²) >= 11 is 5.19. The molecule has 0 saturated heterocycles. The molecule has 3 nitrogen and oxygen atoms in total. The van der Waals surface area contributed by atoms with E-state index >= 15 is 0 Å². The Bertz CT molecular complexity index is 522. The summed E-state index contributed by atoms with van der Waals surface area (Å²) < 4.78 is 1.08. The number of nitrogens with zero attached hydrogens (tertiary/aromatic N) is 2. The van der Waals surface area contributed by atoms with Crippen LogP contribution in [0.3, 0.4) is 0 Å². The Morgan fingerprint density at radius 1 is 1.25 bits per heavy atom. The molecule has 0 saturated carbocycles. The molecule has 1 N–H and O–H groups in total. The van der Waals surface area contributed by atoms with Gasteiger partial charge < -0.3 is 5.32 Å². The molecule has 16 heavy (non-hydrogen) atoms. The van der Waals surface area contributed by atoms with Crippen molar-refractivity contribution < 1.29 is 0 Å². The largest absolute Gasteiger partial charge is 0.371 e. The van der Waals surface area contributed by atoms with Gasteiger partial charge in [0.2, 0.25) is 0 Å². The number of nitrogens with one attached hydrogen (secondary N) is 1. The molecule has 0 radical (unpaired) electrons. The molecule has 0 aliphatic heterocycles. The smallest absolute Gasteiger partial charge is 0.151 e. The van der Waals surface area contributed by atoms with Crippen molar-refractivity contribution in [3.63, 3.8) is 0 Å². The third kappa shape index (κ3) is 1.85. The van der Waals surface area contributed by atoms with Crippen molar-refractivity contribution in [3.8, 4) is 10.6 Å². The van der Waals surface area contributed by atoms with Crippen LogP contribution in [0.4, 0.5) is 5.82 Å². The van der Waals surface area contributed by atoms with Gasteiger partial charge in [-0.3, -0.25) is 0 Å². The molecule has 0 aromatic carbocycles. The minimum Gasteiger partial charge on any atom is -0.371 e. The van der Waals surface area contributed by atoms with Gasteiger partial charge in [0.25, 0.3) is 0 Å². The van der Waals surface area contributed by atoms with Crippen LogP contribution >= 0.6 is 27.3 Å². The van der Waals surface area contributed by atoms with Crippen molar-refractivity contribution in [2.24, 2.45) is 0 Å². The molecule has 84 valence electrons. The molecule has 0 aliphatic rings. The highest BCUT2D eigenvalue weighted by atomic mass is 79.9. The van der Waals surface area contributed by atoms with E-state index in [2.05, 4.69) is 45.3 Å². The third-order valence-corrected chi connectivity index (χ3v) is 4.44. The van der Waals surface area contributed by atoms with Crippen molar-refractivity contribution in [2.45, 2.75) is 13.8 Å². The average Bonchev–Trinajstić information content (AvgIpc) is 2.69. The van der Waals surface area contributed by atoms with Crippen LogP contribution in [0.2, 0.25) is 0 Å². The highest BCUT2D eigenvalue weighted by Crippen LogP contribution is 2.35. The van der Waals surface area contributed by atoms with E-state index in [1.165, 1.54) is 5.56 Å². The Morgan fingerprint density at radius 3 is 2.56 bits per heavy atom. The number of halogens is 1. The molecule has 2 aromatic rings. The van der Waals surface area contributed by atoms with Gasteiger partial charge in [0.1, 0.15) is 5.69 Å². The van der Waals surface area contributed by atoms with Crippen LogP contribution in [0.25, 0.3) is 10.6 Å². The molecule has 2 heterocycles. The highest BCUT2D eigenvalue weighted by molar-refractivity contribution is 9.10. The van der Waals surface area contributed by atoms with E-state index in [1.54, 1.807) is 11.3 Å². The van der Waals surface area contributed by atoms with E-state index < -0.39 is 0 Å². The summed E-state index contributed by atoms with van der Waals surface area (Å²) in [6.07, 6.45) is 0. The van der Waals surface area contributed by atoms with Crippen LogP contribution in [-0.4, -0.2) is 17.2 Å². The second-order valence-corrected chi connectivity index (χ2v) is 5.27. The molecule has 5 heteroatoms. The van der Waals surface area contributed by atoms with Crippen LogP contribution in [0, 0.1) is 13.8 Å². The van der Waals surface area contributed by atoms with Crippen LogP contribution in [-0.2, 0) is 0 Å². The zero-order valence-corrected chi connectivity index (χ0v) is 11.7. The monoisotopic (exact) mass is 297 g/mol. The van der Waals surface area contributed by atoms with Gasteiger partial charge in [0, 0.05) is 11.5 Å². The van der Waals surface area contributed by atoms with Crippen LogP contribution < -0.4 is 5.32 Å². The minimum atomic E-state index is 0.842. The average molecular weight is 298 g/mol. The fourth-order valence-electron chi connectivity index (χ4n) is 1.52. The summed E-state index contributed by atoms with van der Waals surface area (Å²) in [5.74, 6) is 0.842. The first-order chi connectivity index (χ1) is 7.65.